The molecule has 0 radical (unpaired) electrons. The maximum atomic E-state index is 14.1. The second kappa shape index (κ2) is 9.74. The second-order valence-electron chi connectivity index (χ2n) is 10.0. The van der Waals surface area contributed by atoms with Crippen LogP contribution in [0.5, 0.6) is 0 Å². The van der Waals surface area contributed by atoms with E-state index in [0.29, 0.717) is 19.5 Å². The minimum atomic E-state index is -1.12. The molecule has 0 aromatic heterocycles. The summed E-state index contributed by atoms with van der Waals surface area (Å²) < 4.78 is 12.0. The number of likely N-dealkylation sites (tertiary alicyclic amines) is 1. The Morgan fingerprint density at radius 3 is 2.67 bits per heavy atom. The Hall–Kier alpha value is -1.93. The molecule has 3 saturated heterocycles. The Bertz CT molecular complexity index is 787. The molecule has 0 aromatic rings. The zero-order chi connectivity index (χ0) is 24.6. The smallest absolute Gasteiger partial charge is 0.312 e. The number of rotatable bonds is 11. The molecule has 2 amide bonds. The average Bonchev–Trinajstić information content (AvgIpc) is 3.29. The van der Waals surface area contributed by atoms with E-state index in [1.54, 1.807) is 24.8 Å². The molecular weight excluding hydrogens is 424 g/mol. The molecule has 0 saturated carbocycles. The molecule has 8 heteroatoms. The molecule has 2 bridgehead atoms. The molecule has 3 heterocycles. The first kappa shape index (κ1) is 25.7. The summed E-state index contributed by atoms with van der Waals surface area (Å²) in [6.07, 6.45) is 5.05. The molecule has 3 unspecified atom stereocenters. The van der Waals surface area contributed by atoms with E-state index in [9.17, 15) is 19.5 Å². The minimum Gasteiger partial charge on any atom is -0.466 e. The van der Waals surface area contributed by atoms with Crippen molar-refractivity contribution in [2.75, 3.05) is 26.3 Å². The van der Waals surface area contributed by atoms with Gasteiger partial charge >= 0.3 is 5.97 Å². The maximum absolute atomic E-state index is 14.1. The summed E-state index contributed by atoms with van der Waals surface area (Å²) in [6.45, 7) is 14.1. The number of hydrogen-bond acceptors (Lipinski definition) is 6. The van der Waals surface area contributed by atoms with Crippen LogP contribution < -0.4 is 0 Å². The monoisotopic (exact) mass is 464 g/mol. The van der Waals surface area contributed by atoms with E-state index >= 15 is 0 Å². The largest absolute Gasteiger partial charge is 0.466 e. The molecule has 8 nitrogen and oxygen atoms in total. The van der Waals surface area contributed by atoms with Crippen LogP contribution in [0.1, 0.15) is 60.3 Å². The van der Waals surface area contributed by atoms with Gasteiger partial charge in [-0.05, 0) is 39.5 Å². The summed E-state index contributed by atoms with van der Waals surface area (Å²) >= 11 is 0. The van der Waals surface area contributed by atoms with Crippen molar-refractivity contribution in [2.24, 2.45) is 17.8 Å². The van der Waals surface area contributed by atoms with E-state index < -0.39 is 41.1 Å². The lowest BCUT2D eigenvalue weighted by molar-refractivity contribution is -0.163. The lowest BCUT2D eigenvalue weighted by Gasteiger charge is -2.38. The molecule has 0 aromatic carbocycles. The summed E-state index contributed by atoms with van der Waals surface area (Å²) in [6, 6.07) is -1.48. The molecule has 3 aliphatic rings. The van der Waals surface area contributed by atoms with Gasteiger partial charge in [0.05, 0.1) is 30.8 Å². The molecule has 3 aliphatic heterocycles. The number of unbranched alkanes of at least 4 members (excludes halogenated alkanes) is 2. The van der Waals surface area contributed by atoms with Crippen LogP contribution in [0.15, 0.2) is 12.7 Å². The van der Waals surface area contributed by atoms with E-state index in [0.717, 1.165) is 19.3 Å². The van der Waals surface area contributed by atoms with Gasteiger partial charge in [0, 0.05) is 13.1 Å². The van der Waals surface area contributed by atoms with Gasteiger partial charge in [0.15, 0.2) is 0 Å². The van der Waals surface area contributed by atoms with E-state index in [4.69, 9.17) is 9.47 Å². The number of amides is 2. The molecule has 3 rings (SSSR count). The normalized spacial score (nSPS) is 35.5. The highest BCUT2D eigenvalue weighted by Gasteiger charge is 2.80. The summed E-state index contributed by atoms with van der Waals surface area (Å²) in [5.41, 5.74) is -2.00. The third-order valence-corrected chi connectivity index (χ3v) is 7.96. The molecule has 0 aliphatic carbocycles. The van der Waals surface area contributed by atoms with Crippen LogP contribution in [0.3, 0.4) is 0 Å². The van der Waals surface area contributed by atoms with Gasteiger partial charge in [-0.1, -0.05) is 32.8 Å². The van der Waals surface area contributed by atoms with Gasteiger partial charge in [-0.2, -0.15) is 0 Å². The van der Waals surface area contributed by atoms with Crippen molar-refractivity contribution in [3.05, 3.63) is 12.7 Å². The number of carbonyl (C=O) groups is 3. The van der Waals surface area contributed by atoms with Gasteiger partial charge in [0.25, 0.3) is 0 Å². The summed E-state index contributed by atoms with van der Waals surface area (Å²) in [7, 11) is 0. The first-order chi connectivity index (χ1) is 15.6. The Morgan fingerprint density at radius 2 is 2.09 bits per heavy atom. The molecule has 3 fully saturated rings. The Kier molecular flexibility index (Phi) is 7.58. The predicted octanol–water partition coefficient (Wildman–Crippen LogP) is 2.15. The van der Waals surface area contributed by atoms with Crippen molar-refractivity contribution in [3.8, 4) is 0 Å². The molecule has 33 heavy (non-hydrogen) atoms. The van der Waals surface area contributed by atoms with Gasteiger partial charge in [0.1, 0.15) is 17.6 Å². The van der Waals surface area contributed by atoms with Crippen LogP contribution in [0, 0.1) is 17.8 Å². The molecule has 186 valence electrons. The van der Waals surface area contributed by atoms with Crippen LogP contribution in [-0.4, -0.2) is 82.3 Å². The lowest BCUT2D eigenvalue weighted by atomic mass is 9.62. The lowest BCUT2D eigenvalue weighted by Crippen LogP contribution is -2.58. The van der Waals surface area contributed by atoms with E-state index in [2.05, 4.69) is 13.5 Å². The summed E-state index contributed by atoms with van der Waals surface area (Å²) in [4.78, 5) is 44.2. The topological polar surface area (TPSA) is 96.4 Å². The van der Waals surface area contributed by atoms with E-state index in [1.165, 1.54) is 4.90 Å². The Labute approximate surface area is 197 Å². The second-order valence-corrected chi connectivity index (χ2v) is 10.0. The van der Waals surface area contributed by atoms with Crippen molar-refractivity contribution in [2.45, 2.75) is 83.6 Å². The SMILES string of the molecule is C=CCN(CCCCC)C(=O)C1N([C@H](C)CO)C(=O)[C@@H]2[C@H](C(=O)OCC)[C@@]3(C)OC12CC3C. The molecule has 1 N–H and O–H groups in total. The third-order valence-electron chi connectivity index (χ3n) is 7.96. The highest BCUT2D eigenvalue weighted by Crippen LogP contribution is 2.65. The van der Waals surface area contributed by atoms with Gasteiger partial charge in [-0.15, -0.1) is 6.58 Å². The quantitative estimate of drug-likeness (QED) is 0.286. The number of fused-ring (bicyclic) bond motifs is 1. The minimum absolute atomic E-state index is 0.0383. The number of esters is 1. The first-order valence-corrected chi connectivity index (χ1v) is 12.3. The highest BCUT2D eigenvalue weighted by atomic mass is 16.6. The Morgan fingerprint density at radius 1 is 1.39 bits per heavy atom. The Balaban J connectivity index is 2.08. The van der Waals surface area contributed by atoms with Crippen LogP contribution in [-0.2, 0) is 23.9 Å². The van der Waals surface area contributed by atoms with Crippen LogP contribution in [0.4, 0.5) is 0 Å². The standard InChI is InChI=1S/C25H40N2O6/c1-7-10-11-13-26(12-8-2)22(30)20-25-14-16(4)24(6,33-25)19(23(31)32-9-3)18(25)21(29)27(20)17(5)15-28/h8,16-20,28H,2,7,9-15H2,1,3-6H3/t16?,17-,18+,19-,20?,24+,25?/m1/s1. The predicted molar refractivity (Wildman–Crippen MR) is 123 cm³/mol. The number of carbonyl (C=O) groups excluding carboxylic acids is 3. The number of hydrogen-bond donors (Lipinski definition) is 1. The number of aliphatic hydroxyl groups excluding tert-OH is 1. The zero-order valence-electron chi connectivity index (χ0n) is 20.7. The summed E-state index contributed by atoms with van der Waals surface area (Å²) in [5, 5.41) is 9.95. The molecule has 7 atom stereocenters. The first-order valence-electron chi connectivity index (χ1n) is 12.3. The van der Waals surface area contributed by atoms with E-state index in [1.807, 2.05) is 13.8 Å². The van der Waals surface area contributed by atoms with E-state index in [-0.39, 0.29) is 30.9 Å². The summed E-state index contributed by atoms with van der Waals surface area (Å²) in [5.74, 6) is -2.60. The maximum Gasteiger partial charge on any atom is 0.312 e. The third kappa shape index (κ3) is 3.89. The van der Waals surface area contributed by atoms with Gasteiger partial charge in [0.2, 0.25) is 11.8 Å². The fourth-order valence-corrected chi connectivity index (χ4v) is 6.28. The van der Waals surface area contributed by atoms with Gasteiger partial charge in [-0.25, -0.2) is 0 Å². The van der Waals surface area contributed by atoms with Gasteiger partial charge < -0.3 is 24.4 Å². The van der Waals surface area contributed by atoms with Crippen LogP contribution in [0.2, 0.25) is 0 Å². The fourth-order valence-electron chi connectivity index (χ4n) is 6.28. The average molecular weight is 465 g/mol. The van der Waals surface area contributed by atoms with Crippen LogP contribution in [0.25, 0.3) is 0 Å². The molecule has 1 spiro atoms. The number of nitrogens with zero attached hydrogens (tertiary/aromatic N) is 2. The van der Waals surface area contributed by atoms with Gasteiger partial charge in [-0.3, -0.25) is 14.4 Å². The van der Waals surface area contributed by atoms with Crippen molar-refractivity contribution >= 4 is 17.8 Å². The van der Waals surface area contributed by atoms with Crippen molar-refractivity contribution in [1.29, 1.82) is 0 Å². The van der Waals surface area contributed by atoms with Crippen LogP contribution >= 0.6 is 0 Å². The fraction of sp³-hybridized carbons (Fsp3) is 0.800. The highest BCUT2D eigenvalue weighted by molar-refractivity contribution is 5.98. The number of ether oxygens (including phenoxy) is 2. The van der Waals surface area contributed by atoms with Crippen molar-refractivity contribution in [3.63, 3.8) is 0 Å². The van der Waals surface area contributed by atoms with Crippen molar-refractivity contribution in [1.82, 2.24) is 9.80 Å². The van der Waals surface area contributed by atoms with Crippen molar-refractivity contribution < 1.29 is 29.0 Å². The zero-order valence-corrected chi connectivity index (χ0v) is 20.7. The number of aliphatic hydroxyl groups is 1. The molecular formula is C25H40N2O6.